The Morgan fingerprint density at radius 2 is 0.584 bits per heavy atom. The Morgan fingerprint density at radius 3 is 0.888 bits per heavy atom. The van der Waals surface area contributed by atoms with Gasteiger partial charge in [-0.25, -0.2) is 4.57 Å². The monoisotopic (exact) mass is 1250 g/mol. The lowest BCUT2D eigenvalue weighted by molar-refractivity contribution is -0.161. The highest BCUT2D eigenvalue weighted by molar-refractivity contribution is 7.47. The molecule has 9 nitrogen and oxygen atoms in total. The van der Waals surface area contributed by atoms with Crippen molar-refractivity contribution in [2.24, 2.45) is 5.73 Å². The van der Waals surface area contributed by atoms with E-state index < -0.39 is 32.5 Å². The molecule has 0 aliphatic heterocycles. The van der Waals surface area contributed by atoms with Crippen molar-refractivity contribution in [2.75, 3.05) is 26.4 Å². The van der Waals surface area contributed by atoms with Gasteiger partial charge < -0.3 is 20.1 Å². The lowest BCUT2D eigenvalue weighted by atomic mass is 10.0. The van der Waals surface area contributed by atoms with Crippen molar-refractivity contribution in [3.63, 3.8) is 0 Å². The normalized spacial score (nSPS) is 14.2. The van der Waals surface area contributed by atoms with Crippen LogP contribution in [0.3, 0.4) is 0 Å². The molecule has 89 heavy (non-hydrogen) atoms. The van der Waals surface area contributed by atoms with E-state index in [1.807, 2.05) is 0 Å². The molecule has 0 fully saturated rings. The lowest BCUT2D eigenvalue weighted by Gasteiger charge is -2.19. The number of rotatable bonds is 63. The first-order chi connectivity index (χ1) is 43.8. The van der Waals surface area contributed by atoms with Gasteiger partial charge >= 0.3 is 19.8 Å². The average molecular weight is 1250 g/mol. The number of carbonyl (C=O) groups is 2. The lowest BCUT2D eigenvalue weighted by Crippen LogP contribution is -2.29. The number of esters is 2. The van der Waals surface area contributed by atoms with E-state index in [1.54, 1.807) is 0 Å². The Bertz CT molecular complexity index is 2160. The van der Waals surface area contributed by atoms with E-state index in [2.05, 4.69) is 208 Å². The summed E-state index contributed by atoms with van der Waals surface area (Å²) in [6.07, 6.45) is 109. The molecule has 0 aliphatic carbocycles. The first-order valence-corrected chi connectivity index (χ1v) is 36.4. The summed E-state index contributed by atoms with van der Waals surface area (Å²) < 4.78 is 33.1. The third kappa shape index (κ3) is 71.8. The van der Waals surface area contributed by atoms with Gasteiger partial charge in [-0.3, -0.25) is 18.6 Å². The number of hydrogen-bond donors (Lipinski definition) is 2. The van der Waals surface area contributed by atoms with Gasteiger partial charge in [0.1, 0.15) is 6.61 Å². The van der Waals surface area contributed by atoms with Crippen LogP contribution in [0.4, 0.5) is 0 Å². The second-order valence-corrected chi connectivity index (χ2v) is 23.7. The number of unbranched alkanes of at least 4 members (excludes halogenated alkanes) is 18. The quantitative estimate of drug-likeness (QED) is 0.0264. The summed E-state index contributed by atoms with van der Waals surface area (Å²) in [5, 5.41) is 0. The van der Waals surface area contributed by atoms with Crippen molar-refractivity contribution >= 4 is 19.8 Å². The SMILES string of the molecule is CC/C=C\C/C=C\C/C=C\C/C=C\C/C=C\C/C=C\C/C=C\C/C=C\C/C=C\C/C=C\C/C=C\C/C=C\CCCCC(=O)OC(COC(=O)CCCCCCCCCCCCCCCCCC/C=C\C/C=C\C/C=C\C/C=C\CC)COP(=O)(O)OCCN. The predicted molar refractivity (Wildman–Crippen MR) is 385 cm³/mol. The van der Waals surface area contributed by atoms with Crippen molar-refractivity contribution in [3.8, 4) is 0 Å². The summed E-state index contributed by atoms with van der Waals surface area (Å²) >= 11 is 0. The minimum atomic E-state index is -4.42. The molecule has 0 saturated carbocycles. The second kappa shape index (κ2) is 71.9. The Hall–Kier alpha value is -5.15. The second-order valence-electron chi connectivity index (χ2n) is 22.3. The number of allylic oxidation sites excluding steroid dienone is 32. The molecule has 10 heteroatoms. The van der Waals surface area contributed by atoms with Gasteiger partial charge in [0, 0.05) is 19.4 Å². The molecule has 0 spiro atoms. The highest BCUT2D eigenvalue weighted by Crippen LogP contribution is 2.43. The molecule has 0 bridgehead atoms. The van der Waals surface area contributed by atoms with E-state index in [-0.39, 0.29) is 32.6 Å². The van der Waals surface area contributed by atoms with Crippen LogP contribution in [-0.2, 0) is 32.7 Å². The van der Waals surface area contributed by atoms with Crippen LogP contribution in [0, 0.1) is 0 Å². The van der Waals surface area contributed by atoms with E-state index in [0.29, 0.717) is 6.42 Å². The van der Waals surface area contributed by atoms with Gasteiger partial charge in [-0.05, 0) is 141 Å². The van der Waals surface area contributed by atoms with Gasteiger partial charge in [0.15, 0.2) is 6.10 Å². The third-order valence-corrected chi connectivity index (χ3v) is 15.0. The smallest absolute Gasteiger partial charge is 0.462 e. The molecule has 0 amide bonds. The summed E-state index contributed by atoms with van der Waals surface area (Å²) in [6.45, 7) is 3.46. The first-order valence-electron chi connectivity index (χ1n) is 34.9. The van der Waals surface area contributed by atoms with Crippen molar-refractivity contribution in [2.45, 2.75) is 264 Å². The maximum absolute atomic E-state index is 12.7. The summed E-state index contributed by atoms with van der Waals surface area (Å²) in [6, 6.07) is 0. The maximum atomic E-state index is 12.7. The van der Waals surface area contributed by atoms with Crippen molar-refractivity contribution < 1.29 is 37.6 Å². The molecule has 0 aromatic carbocycles. The topological polar surface area (TPSA) is 134 Å². The van der Waals surface area contributed by atoms with Gasteiger partial charge in [-0.1, -0.05) is 298 Å². The summed E-state index contributed by atoms with van der Waals surface area (Å²) in [5.41, 5.74) is 5.40. The number of phosphoric ester groups is 1. The van der Waals surface area contributed by atoms with E-state index in [0.717, 1.165) is 141 Å². The summed E-state index contributed by atoms with van der Waals surface area (Å²) in [4.78, 5) is 35.3. The van der Waals surface area contributed by atoms with Crippen LogP contribution < -0.4 is 5.73 Å². The number of ether oxygens (including phenoxy) is 2. The van der Waals surface area contributed by atoms with Crippen LogP contribution in [0.1, 0.15) is 258 Å². The Labute approximate surface area is 545 Å². The standard InChI is InChI=1S/C79H126NO8P/c1-3-5-7-9-11-13-15-17-19-21-23-25-27-29-31-33-34-35-36-37-38-39-40-41-42-44-46-48-50-52-54-56-58-60-62-64-66-68-70-72-79(82)88-77(76-87-89(83,84)86-74-73-80)75-85-78(81)71-69-67-65-63-61-59-57-55-53-51-49-47-45-43-32-30-28-26-24-22-20-18-16-14-12-10-8-6-4-2/h5-8,11-14,17-20,23-26,29,31,34-35,37-38,40-41,44,46,50,52,56,58,62,64,77H,3-4,9-10,15-16,21-22,27-28,30,32-33,36,39,42-43,45,47-49,51,53-55,57,59-61,63,65-76,80H2,1-2H3,(H,83,84)/b7-5-,8-6-,13-11-,14-12-,19-17-,20-18-,25-23-,26-24-,31-29-,35-34-,38-37-,41-40-,46-44-,52-50-,58-56-,64-62-. The molecule has 2 unspecified atom stereocenters. The Balaban J connectivity index is 4.05. The number of hydrogen-bond acceptors (Lipinski definition) is 8. The molecule has 0 rings (SSSR count). The van der Waals surface area contributed by atoms with Gasteiger partial charge in [0.2, 0.25) is 0 Å². The predicted octanol–water partition coefficient (Wildman–Crippen LogP) is 23.3. The summed E-state index contributed by atoms with van der Waals surface area (Å²) in [5.74, 6) is -0.889. The molecule has 0 aliphatic rings. The van der Waals surface area contributed by atoms with E-state index >= 15 is 0 Å². The molecule has 0 aromatic rings. The third-order valence-electron chi connectivity index (χ3n) is 14.0. The molecule has 0 heterocycles. The molecule has 0 aromatic heterocycles. The fraction of sp³-hybridized carbons (Fsp3) is 0.570. The van der Waals surface area contributed by atoms with E-state index in [4.69, 9.17) is 24.3 Å². The Morgan fingerprint density at radius 1 is 0.337 bits per heavy atom. The number of nitrogens with two attached hydrogens (primary N) is 1. The number of phosphoric acid groups is 1. The molecule has 2 atom stereocenters. The zero-order valence-corrected chi connectivity index (χ0v) is 57.0. The van der Waals surface area contributed by atoms with E-state index in [1.165, 1.54) is 83.5 Å². The van der Waals surface area contributed by atoms with Crippen LogP contribution in [-0.4, -0.2) is 49.3 Å². The highest BCUT2D eigenvalue weighted by Gasteiger charge is 2.26. The van der Waals surface area contributed by atoms with Gasteiger partial charge in [-0.2, -0.15) is 0 Å². The molecule has 500 valence electrons. The van der Waals surface area contributed by atoms with Crippen LogP contribution in [0.15, 0.2) is 194 Å². The Kier molecular flexibility index (Phi) is 67.8. The zero-order chi connectivity index (χ0) is 64.4. The van der Waals surface area contributed by atoms with Crippen molar-refractivity contribution in [3.05, 3.63) is 194 Å². The first kappa shape index (κ1) is 83.8. The van der Waals surface area contributed by atoms with Gasteiger partial charge in [0.25, 0.3) is 0 Å². The molecular weight excluding hydrogens is 1120 g/mol. The van der Waals surface area contributed by atoms with Gasteiger partial charge in [-0.15, -0.1) is 0 Å². The largest absolute Gasteiger partial charge is 0.472 e. The molecule has 3 N–H and O–H groups in total. The maximum Gasteiger partial charge on any atom is 0.472 e. The van der Waals surface area contributed by atoms with Crippen LogP contribution in [0.25, 0.3) is 0 Å². The fourth-order valence-corrected chi connectivity index (χ4v) is 9.67. The average Bonchev–Trinajstić information content (AvgIpc) is 3.68. The van der Waals surface area contributed by atoms with Crippen molar-refractivity contribution in [1.82, 2.24) is 0 Å². The van der Waals surface area contributed by atoms with Crippen molar-refractivity contribution in [1.29, 1.82) is 0 Å². The molecule has 0 saturated heterocycles. The summed E-state index contributed by atoms with van der Waals surface area (Å²) in [7, 11) is -4.42. The molecule has 0 radical (unpaired) electrons. The van der Waals surface area contributed by atoms with E-state index in [9.17, 15) is 19.0 Å². The van der Waals surface area contributed by atoms with Crippen LogP contribution in [0.2, 0.25) is 0 Å². The van der Waals surface area contributed by atoms with Crippen LogP contribution in [0.5, 0.6) is 0 Å². The molecular formula is C79H126NO8P. The fourth-order valence-electron chi connectivity index (χ4n) is 8.90. The number of carbonyl (C=O) groups excluding carboxylic acids is 2. The van der Waals surface area contributed by atoms with Crippen LogP contribution >= 0.6 is 7.82 Å². The van der Waals surface area contributed by atoms with Gasteiger partial charge in [0.05, 0.1) is 13.2 Å². The highest BCUT2D eigenvalue weighted by atomic mass is 31.2. The zero-order valence-electron chi connectivity index (χ0n) is 56.1. The minimum Gasteiger partial charge on any atom is -0.462 e. The minimum absolute atomic E-state index is 0.0366.